The van der Waals surface area contributed by atoms with Crippen molar-refractivity contribution in [2.45, 2.75) is 26.2 Å². The lowest BCUT2D eigenvalue weighted by molar-refractivity contribution is -0.116. The maximum Gasteiger partial charge on any atom is 0.231 e. The number of carbonyl (C=O) groups is 1. The van der Waals surface area contributed by atoms with Crippen LogP contribution in [-0.4, -0.2) is 44.8 Å². The summed E-state index contributed by atoms with van der Waals surface area (Å²) >= 11 is 0. The van der Waals surface area contributed by atoms with Crippen molar-refractivity contribution in [3.05, 3.63) is 18.2 Å². The number of anilines is 1. The molecule has 1 aliphatic heterocycles. The van der Waals surface area contributed by atoms with Crippen LogP contribution in [0.25, 0.3) is 0 Å². The van der Waals surface area contributed by atoms with Crippen LogP contribution in [0.5, 0.6) is 11.5 Å². The average molecular weight is 342 g/mol. The van der Waals surface area contributed by atoms with Gasteiger partial charge in [0.05, 0.1) is 6.26 Å². The lowest BCUT2D eigenvalue weighted by Crippen LogP contribution is -2.33. The quantitative estimate of drug-likeness (QED) is 0.779. The third-order valence-electron chi connectivity index (χ3n) is 3.47. The normalized spacial score (nSPS) is 13.3. The van der Waals surface area contributed by atoms with Crippen molar-refractivity contribution in [1.29, 1.82) is 0 Å². The van der Waals surface area contributed by atoms with Crippen LogP contribution in [0.4, 0.5) is 5.69 Å². The van der Waals surface area contributed by atoms with Gasteiger partial charge in [-0.2, -0.15) is 0 Å². The molecule has 8 heteroatoms. The van der Waals surface area contributed by atoms with E-state index in [0.717, 1.165) is 12.8 Å². The van der Waals surface area contributed by atoms with Gasteiger partial charge in [0.2, 0.25) is 22.7 Å². The van der Waals surface area contributed by atoms with Crippen LogP contribution in [0.3, 0.4) is 0 Å². The van der Waals surface area contributed by atoms with Crippen molar-refractivity contribution in [1.82, 2.24) is 4.31 Å². The Bertz CT molecular complexity index is 660. The number of fused-ring (bicyclic) bond motifs is 1. The molecular formula is C15H22N2O5S. The molecule has 128 valence electrons. The Kier molecular flexibility index (Phi) is 5.84. The molecule has 23 heavy (non-hydrogen) atoms. The number of amides is 1. The Morgan fingerprint density at radius 2 is 2.00 bits per heavy atom. The number of hydrogen-bond acceptors (Lipinski definition) is 5. The third kappa shape index (κ3) is 5.11. The molecular weight excluding hydrogens is 320 g/mol. The number of ether oxygens (including phenoxy) is 2. The Hall–Kier alpha value is -1.80. The van der Waals surface area contributed by atoms with Gasteiger partial charge in [-0.3, -0.25) is 4.79 Å². The van der Waals surface area contributed by atoms with Gasteiger partial charge in [-0.25, -0.2) is 12.7 Å². The van der Waals surface area contributed by atoms with Crippen LogP contribution < -0.4 is 14.8 Å². The topological polar surface area (TPSA) is 84.9 Å². The molecule has 1 aliphatic rings. The lowest BCUT2D eigenvalue weighted by Gasteiger charge is -2.19. The van der Waals surface area contributed by atoms with Crippen molar-refractivity contribution in [2.75, 3.05) is 31.5 Å². The van der Waals surface area contributed by atoms with Crippen LogP contribution in [0.15, 0.2) is 18.2 Å². The number of nitrogens with zero attached hydrogens (tertiary/aromatic N) is 1. The Morgan fingerprint density at radius 3 is 2.70 bits per heavy atom. The second-order valence-corrected chi connectivity index (χ2v) is 7.36. The van der Waals surface area contributed by atoms with Gasteiger partial charge in [-0.15, -0.1) is 0 Å². The molecule has 0 fully saturated rings. The van der Waals surface area contributed by atoms with Crippen molar-refractivity contribution < 1.29 is 22.7 Å². The minimum Gasteiger partial charge on any atom is -0.454 e. The van der Waals surface area contributed by atoms with Gasteiger partial charge in [0, 0.05) is 31.3 Å². The smallest absolute Gasteiger partial charge is 0.231 e. The molecule has 0 aromatic heterocycles. The minimum absolute atomic E-state index is 0.102. The average Bonchev–Trinajstić information content (AvgIpc) is 2.93. The second kappa shape index (κ2) is 7.65. The predicted octanol–water partition coefficient (Wildman–Crippen LogP) is 1.81. The van der Waals surface area contributed by atoms with E-state index in [0.29, 0.717) is 23.7 Å². The summed E-state index contributed by atoms with van der Waals surface area (Å²) in [5, 5.41) is 2.74. The molecule has 0 radical (unpaired) electrons. The van der Waals surface area contributed by atoms with E-state index < -0.39 is 10.0 Å². The van der Waals surface area contributed by atoms with E-state index in [1.807, 2.05) is 6.92 Å². The van der Waals surface area contributed by atoms with E-state index in [1.54, 1.807) is 18.2 Å². The largest absolute Gasteiger partial charge is 0.454 e. The number of carbonyl (C=O) groups excluding carboxylic acids is 1. The zero-order valence-electron chi connectivity index (χ0n) is 13.4. The molecule has 0 aliphatic carbocycles. The Labute approximate surface area is 136 Å². The first-order valence-corrected chi connectivity index (χ1v) is 9.39. The van der Waals surface area contributed by atoms with Gasteiger partial charge in [0.15, 0.2) is 11.5 Å². The maximum atomic E-state index is 12.0. The molecule has 2 rings (SSSR count). The zero-order chi connectivity index (χ0) is 16.9. The molecule has 7 nitrogen and oxygen atoms in total. The first-order chi connectivity index (χ1) is 10.9. The highest BCUT2D eigenvalue weighted by Crippen LogP contribution is 2.34. The summed E-state index contributed by atoms with van der Waals surface area (Å²) in [4.78, 5) is 12.0. The fourth-order valence-corrected chi connectivity index (χ4v) is 3.09. The molecule has 1 aromatic carbocycles. The molecule has 0 saturated heterocycles. The Balaban J connectivity index is 1.88. The number of sulfonamides is 1. The fraction of sp³-hybridized carbons (Fsp3) is 0.533. The Morgan fingerprint density at radius 1 is 1.26 bits per heavy atom. The number of benzene rings is 1. The van der Waals surface area contributed by atoms with Gasteiger partial charge >= 0.3 is 0 Å². The second-order valence-electron chi connectivity index (χ2n) is 5.38. The minimum atomic E-state index is -3.30. The highest BCUT2D eigenvalue weighted by atomic mass is 32.2. The maximum absolute atomic E-state index is 12.0. The molecule has 1 aromatic rings. The molecule has 1 heterocycles. The van der Waals surface area contributed by atoms with Crippen LogP contribution >= 0.6 is 0 Å². The number of hydrogen-bond donors (Lipinski definition) is 1. The van der Waals surface area contributed by atoms with Crippen molar-refractivity contribution in [3.63, 3.8) is 0 Å². The first-order valence-electron chi connectivity index (χ1n) is 7.55. The molecule has 1 amide bonds. The van der Waals surface area contributed by atoms with E-state index in [9.17, 15) is 13.2 Å². The predicted molar refractivity (Wildman–Crippen MR) is 87.1 cm³/mol. The summed E-state index contributed by atoms with van der Waals surface area (Å²) in [6, 6.07) is 5.13. The van der Waals surface area contributed by atoms with Gasteiger partial charge in [-0.1, -0.05) is 13.3 Å². The standard InChI is InChI=1S/C15H22N2O5S/c1-3-4-8-17(23(2,19)20)9-7-15(18)16-12-5-6-13-14(10-12)22-11-21-13/h5-6,10H,3-4,7-9,11H2,1-2H3,(H,16,18). The zero-order valence-corrected chi connectivity index (χ0v) is 14.2. The van der Waals surface area contributed by atoms with E-state index in [2.05, 4.69) is 5.32 Å². The summed E-state index contributed by atoms with van der Waals surface area (Å²) in [6.07, 6.45) is 2.94. The molecule has 0 saturated carbocycles. The van der Waals surface area contributed by atoms with Crippen LogP contribution in [0.1, 0.15) is 26.2 Å². The molecule has 0 atom stereocenters. The lowest BCUT2D eigenvalue weighted by atomic mass is 10.2. The van der Waals surface area contributed by atoms with Crippen molar-refractivity contribution >= 4 is 21.6 Å². The van der Waals surface area contributed by atoms with Gasteiger partial charge in [-0.05, 0) is 18.6 Å². The number of nitrogens with one attached hydrogen (secondary N) is 1. The van der Waals surface area contributed by atoms with Gasteiger partial charge in [0.1, 0.15) is 0 Å². The van der Waals surface area contributed by atoms with Crippen LogP contribution in [-0.2, 0) is 14.8 Å². The highest BCUT2D eigenvalue weighted by Gasteiger charge is 2.18. The summed E-state index contributed by atoms with van der Waals surface area (Å²) in [5.41, 5.74) is 0.596. The van der Waals surface area contributed by atoms with Crippen molar-refractivity contribution in [2.24, 2.45) is 0 Å². The molecule has 0 bridgehead atoms. The molecule has 0 spiro atoms. The summed E-state index contributed by atoms with van der Waals surface area (Å²) in [6.45, 7) is 2.78. The monoisotopic (exact) mass is 342 g/mol. The van der Waals surface area contributed by atoms with E-state index >= 15 is 0 Å². The summed E-state index contributed by atoms with van der Waals surface area (Å²) in [5.74, 6) is 0.989. The van der Waals surface area contributed by atoms with Crippen molar-refractivity contribution in [3.8, 4) is 11.5 Å². The number of unbranched alkanes of at least 4 members (excludes halogenated alkanes) is 1. The van der Waals surface area contributed by atoms with E-state index in [-0.39, 0.29) is 25.7 Å². The fourth-order valence-electron chi connectivity index (χ4n) is 2.20. The van der Waals surface area contributed by atoms with Crippen LogP contribution in [0, 0.1) is 0 Å². The highest BCUT2D eigenvalue weighted by molar-refractivity contribution is 7.88. The number of rotatable bonds is 8. The van der Waals surface area contributed by atoms with E-state index in [1.165, 1.54) is 10.6 Å². The van der Waals surface area contributed by atoms with Gasteiger partial charge in [0.25, 0.3) is 0 Å². The molecule has 0 unspecified atom stereocenters. The summed E-state index contributed by atoms with van der Waals surface area (Å²) in [7, 11) is -3.30. The third-order valence-corrected chi connectivity index (χ3v) is 4.78. The van der Waals surface area contributed by atoms with Crippen LogP contribution in [0.2, 0.25) is 0 Å². The van der Waals surface area contributed by atoms with E-state index in [4.69, 9.17) is 9.47 Å². The molecule has 1 N–H and O–H groups in total. The SMILES string of the molecule is CCCCN(CCC(=O)Nc1ccc2c(c1)OCO2)S(C)(=O)=O. The first kappa shape index (κ1) is 17.6. The summed E-state index contributed by atoms with van der Waals surface area (Å²) < 4.78 is 35.2. The van der Waals surface area contributed by atoms with Gasteiger partial charge < -0.3 is 14.8 Å².